The first kappa shape index (κ1) is 12.4. The lowest BCUT2D eigenvalue weighted by Gasteiger charge is -2.09. The Labute approximate surface area is 103 Å². The third-order valence-corrected chi connectivity index (χ3v) is 3.70. The van der Waals surface area contributed by atoms with Crippen LogP contribution in [-0.2, 0) is 17.1 Å². The Morgan fingerprint density at radius 2 is 2.06 bits per heavy atom. The Kier molecular flexibility index (Phi) is 2.95. The van der Waals surface area contributed by atoms with Crippen molar-refractivity contribution in [3.8, 4) is 0 Å². The molecule has 0 spiro atoms. The fourth-order valence-corrected chi connectivity index (χ4v) is 2.62. The molecule has 1 aromatic heterocycles. The SMILES string of the molecule is Cn1ncc(N)c1NS(=O)(=O)c1ccccc1F. The molecular weight excluding hydrogens is 259 g/mol. The van der Waals surface area contributed by atoms with Crippen molar-refractivity contribution in [3.63, 3.8) is 0 Å². The predicted octanol–water partition coefficient (Wildman–Crippen LogP) is 0.942. The van der Waals surface area contributed by atoms with Gasteiger partial charge in [0.25, 0.3) is 10.0 Å². The maximum atomic E-state index is 13.4. The molecule has 96 valence electrons. The maximum Gasteiger partial charge on any atom is 0.266 e. The molecule has 0 unspecified atom stereocenters. The number of hydrogen-bond donors (Lipinski definition) is 2. The van der Waals surface area contributed by atoms with E-state index in [0.717, 1.165) is 6.07 Å². The van der Waals surface area contributed by atoms with Crippen LogP contribution < -0.4 is 10.5 Å². The van der Waals surface area contributed by atoms with Crippen molar-refractivity contribution in [2.24, 2.45) is 7.05 Å². The van der Waals surface area contributed by atoms with E-state index in [0.29, 0.717) is 0 Å². The number of benzene rings is 1. The number of rotatable bonds is 3. The minimum absolute atomic E-state index is 0.0956. The van der Waals surface area contributed by atoms with Crippen LogP contribution >= 0.6 is 0 Å². The molecule has 0 aliphatic carbocycles. The average Bonchev–Trinajstić information content (AvgIpc) is 2.61. The molecule has 0 fully saturated rings. The van der Waals surface area contributed by atoms with Crippen LogP contribution in [-0.4, -0.2) is 18.2 Å². The van der Waals surface area contributed by atoms with Gasteiger partial charge in [-0.3, -0.25) is 9.40 Å². The molecule has 0 bridgehead atoms. The van der Waals surface area contributed by atoms with E-state index in [1.54, 1.807) is 0 Å². The fourth-order valence-electron chi connectivity index (χ4n) is 1.42. The van der Waals surface area contributed by atoms with E-state index in [1.807, 2.05) is 0 Å². The van der Waals surface area contributed by atoms with Crippen LogP contribution in [0.5, 0.6) is 0 Å². The highest BCUT2D eigenvalue weighted by Gasteiger charge is 2.21. The summed E-state index contributed by atoms with van der Waals surface area (Å²) in [6.07, 6.45) is 1.30. The number of aryl methyl sites for hydroxylation is 1. The summed E-state index contributed by atoms with van der Waals surface area (Å²) in [7, 11) is -2.50. The highest BCUT2D eigenvalue weighted by Crippen LogP contribution is 2.22. The molecule has 0 radical (unpaired) electrons. The summed E-state index contributed by atoms with van der Waals surface area (Å²) in [6, 6.07) is 5.09. The summed E-state index contributed by atoms with van der Waals surface area (Å²) in [5.74, 6) is -0.732. The smallest absolute Gasteiger partial charge is 0.266 e. The van der Waals surface area contributed by atoms with Crippen LogP contribution in [0, 0.1) is 5.82 Å². The molecule has 8 heteroatoms. The van der Waals surface area contributed by atoms with Gasteiger partial charge in [0.1, 0.15) is 10.7 Å². The zero-order valence-electron chi connectivity index (χ0n) is 9.46. The van der Waals surface area contributed by atoms with Gasteiger partial charge in [-0.05, 0) is 12.1 Å². The molecule has 0 atom stereocenters. The van der Waals surface area contributed by atoms with Crippen molar-refractivity contribution >= 4 is 21.5 Å². The molecule has 2 aromatic rings. The van der Waals surface area contributed by atoms with E-state index in [1.165, 1.54) is 36.1 Å². The normalized spacial score (nSPS) is 11.4. The Morgan fingerprint density at radius 1 is 1.39 bits per heavy atom. The zero-order valence-corrected chi connectivity index (χ0v) is 10.3. The summed E-state index contributed by atoms with van der Waals surface area (Å²) >= 11 is 0. The molecule has 1 heterocycles. The number of hydrogen-bond acceptors (Lipinski definition) is 4. The van der Waals surface area contributed by atoms with Crippen molar-refractivity contribution in [1.82, 2.24) is 9.78 Å². The second kappa shape index (κ2) is 4.30. The standard InChI is InChI=1S/C10H11FN4O2S/c1-15-10(8(12)6-13-15)14-18(16,17)9-5-3-2-4-7(9)11/h2-6,14H,12H2,1H3. The Balaban J connectivity index is 2.43. The van der Waals surface area contributed by atoms with Gasteiger partial charge in [0.15, 0.2) is 5.82 Å². The quantitative estimate of drug-likeness (QED) is 0.868. The Bertz CT molecular complexity index is 661. The molecule has 0 saturated carbocycles. The van der Waals surface area contributed by atoms with E-state index in [9.17, 15) is 12.8 Å². The van der Waals surface area contributed by atoms with Gasteiger partial charge in [0.05, 0.1) is 11.9 Å². The van der Waals surface area contributed by atoms with Gasteiger partial charge >= 0.3 is 0 Å². The Hall–Kier alpha value is -2.09. The van der Waals surface area contributed by atoms with Gasteiger partial charge in [-0.25, -0.2) is 12.8 Å². The van der Waals surface area contributed by atoms with Crippen LogP contribution in [0.2, 0.25) is 0 Å². The number of nitrogens with one attached hydrogen (secondary N) is 1. The monoisotopic (exact) mass is 270 g/mol. The number of nitrogens with two attached hydrogens (primary N) is 1. The topological polar surface area (TPSA) is 90.0 Å². The average molecular weight is 270 g/mol. The summed E-state index contributed by atoms with van der Waals surface area (Å²) in [5.41, 5.74) is 5.72. The molecule has 3 N–H and O–H groups in total. The number of halogens is 1. The molecule has 1 aromatic carbocycles. The second-order valence-corrected chi connectivity index (χ2v) is 5.26. The van der Waals surface area contributed by atoms with E-state index >= 15 is 0 Å². The Morgan fingerprint density at radius 3 is 2.61 bits per heavy atom. The molecular formula is C10H11FN4O2S. The van der Waals surface area contributed by atoms with Gasteiger partial charge in [-0.2, -0.15) is 5.10 Å². The second-order valence-electron chi connectivity index (χ2n) is 3.61. The van der Waals surface area contributed by atoms with Crippen LogP contribution in [0.15, 0.2) is 35.4 Å². The van der Waals surface area contributed by atoms with E-state index in [2.05, 4.69) is 9.82 Å². The van der Waals surface area contributed by atoms with Crippen molar-refractivity contribution < 1.29 is 12.8 Å². The van der Waals surface area contributed by atoms with E-state index < -0.39 is 20.7 Å². The van der Waals surface area contributed by atoms with E-state index in [4.69, 9.17) is 5.73 Å². The van der Waals surface area contributed by atoms with Crippen molar-refractivity contribution in [3.05, 3.63) is 36.3 Å². The summed E-state index contributed by atoms with van der Waals surface area (Å²) in [5, 5.41) is 3.79. The first-order valence-electron chi connectivity index (χ1n) is 4.96. The molecule has 0 aliphatic heterocycles. The largest absolute Gasteiger partial charge is 0.394 e. The minimum Gasteiger partial charge on any atom is -0.394 e. The molecule has 0 saturated heterocycles. The fraction of sp³-hybridized carbons (Fsp3) is 0.100. The summed E-state index contributed by atoms with van der Waals surface area (Å²) in [6.45, 7) is 0. The number of nitrogen functional groups attached to an aromatic ring is 1. The summed E-state index contributed by atoms with van der Waals surface area (Å²) in [4.78, 5) is -0.439. The maximum absolute atomic E-state index is 13.4. The first-order chi connectivity index (χ1) is 8.42. The minimum atomic E-state index is -4.02. The number of sulfonamides is 1. The van der Waals surface area contributed by atoms with Gasteiger partial charge in [0.2, 0.25) is 0 Å². The van der Waals surface area contributed by atoms with Crippen LogP contribution in [0.3, 0.4) is 0 Å². The highest BCUT2D eigenvalue weighted by atomic mass is 32.2. The van der Waals surface area contributed by atoms with Crippen LogP contribution in [0.25, 0.3) is 0 Å². The molecule has 2 rings (SSSR count). The number of nitrogens with zero attached hydrogens (tertiary/aromatic N) is 2. The lowest BCUT2D eigenvalue weighted by Crippen LogP contribution is -2.17. The number of aromatic nitrogens is 2. The van der Waals surface area contributed by atoms with Crippen molar-refractivity contribution in [2.75, 3.05) is 10.5 Å². The molecule has 6 nitrogen and oxygen atoms in total. The van der Waals surface area contributed by atoms with Gasteiger partial charge in [-0.1, -0.05) is 12.1 Å². The number of anilines is 2. The van der Waals surface area contributed by atoms with Gasteiger partial charge < -0.3 is 5.73 Å². The zero-order chi connectivity index (χ0) is 13.3. The predicted molar refractivity (Wildman–Crippen MR) is 64.8 cm³/mol. The van der Waals surface area contributed by atoms with Crippen molar-refractivity contribution in [1.29, 1.82) is 0 Å². The van der Waals surface area contributed by atoms with E-state index in [-0.39, 0.29) is 11.5 Å². The van der Waals surface area contributed by atoms with Crippen LogP contribution in [0.1, 0.15) is 0 Å². The van der Waals surface area contributed by atoms with Gasteiger partial charge in [-0.15, -0.1) is 0 Å². The molecule has 18 heavy (non-hydrogen) atoms. The van der Waals surface area contributed by atoms with Crippen molar-refractivity contribution in [2.45, 2.75) is 4.90 Å². The summed E-state index contributed by atoms with van der Waals surface area (Å²) < 4.78 is 40.9. The lowest BCUT2D eigenvalue weighted by atomic mass is 10.4. The van der Waals surface area contributed by atoms with Crippen LogP contribution in [0.4, 0.5) is 15.9 Å². The third kappa shape index (κ3) is 2.14. The first-order valence-corrected chi connectivity index (χ1v) is 6.45. The van der Waals surface area contributed by atoms with Gasteiger partial charge in [0, 0.05) is 7.05 Å². The molecule has 0 aliphatic rings. The highest BCUT2D eigenvalue weighted by molar-refractivity contribution is 7.92. The third-order valence-electron chi connectivity index (χ3n) is 2.32. The lowest BCUT2D eigenvalue weighted by molar-refractivity contribution is 0.570. The molecule has 0 amide bonds.